The zero-order valence-electron chi connectivity index (χ0n) is 9.90. The highest BCUT2D eigenvalue weighted by Gasteiger charge is 2.19. The Morgan fingerprint density at radius 2 is 2.44 bits per heavy atom. The van der Waals surface area contributed by atoms with Crippen LogP contribution in [-0.4, -0.2) is 33.6 Å². The quantitative estimate of drug-likeness (QED) is 0.754. The van der Waals surface area contributed by atoms with Gasteiger partial charge < -0.3 is 0 Å². The summed E-state index contributed by atoms with van der Waals surface area (Å²) in [7, 11) is 1.97. The number of likely N-dealkylation sites (tertiary alicyclic amines) is 1. The van der Waals surface area contributed by atoms with Crippen molar-refractivity contribution < 1.29 is 0 Å². The third-order valence-electron chi connectivity index (χ3n) is 3.27. The molecule has 0 spiro atoms. The molecular formula is C12H20ClN3. The van der Waals surface area contributed by atoms with Crippen LogP contribution in [-0.2, 0) is 13.6 Å². The van der Waals surface area contributed by atoms with Gasteiger partial charge in [0.05, 0.1) is 5.69 Å². The van der Waals surface area contributed by atoms with Crippen molar-refractivity contribution in [1.82, 2.24) is 14.7 Å². The van der Waals surface area contributed by atoms with Gasteiger partial charge in [0.2, 0.25) is 0 Å². The first-order valence-corrected chi connectivity index (χ1v) is 6.58. The van der Waals surface area contributed by atoms with Crippen molar-refractivity contribution in [2.24, 2.45) is 13.0 Å². The zero-order chi connectivity index (χ0) is 11.4. The molecule has 1 aliphatic rings. The van der Waals surface area contributed by atoms with E-state index in [2.05, 4.69) is 16.1 Å². The second-order valence-corrected chi connectivity index (χ2v) is 5.08. The Balaban J connectivity index is 1.85. The van der Waals surface area contributed by atoms with E-state index < -0.39 is 0 Å². The van der Waals surface area contributed by atoms with E-state index in [1.807, 2.05) is 17.9 Å². The SMILES string of the molecule is Cn1ccc(CN2CCCC(CCCl)C2)n1. The average molecular weight is 242 g/mol. The third kappa shape index (κ3) is 3.22. The summed E-state index contributed by atoms with van der Waals surface area (Å²) < 4.78 is 1.87. The van der Waals surface area contributed by atoms with Gasteiger partial charge in [0.25, 0.3) is 0 Å². The molecule has 1 aromatic heterocycles. The summed E-state index contributed by atoms with van der Waals surface area (Å²) in [5.41, 5.74) is 1.18. The molecule has 16 heavy (non-hydrogen) atoms. The summed E-state index contributed by atoms with van der Waals surface area (Å²) in [4.78, 5) is 2.50. The van der Waals surface area contributed by atoms with Crippen molar-refractivity contribution in [1.29, 1.82) is 0 Å². The van der Waals surface area contributed by atoms with E-state index in [0.717, 1.165) is 24.8 Å². The third-order valence-corrected chi connectivity index (χ3v) is 3.49. The van der Waals surface area contributed by atoms with Crippen LogP contribution in [0.15, 0.2) is 12.3 Å². The average Bonchev–Trinajstić information content (AvgIpc) is 2.65. The highest BCUT2D eigenvalue weighted by molar-refractivity contribution is 6.17. The van der Waals surface area contributed by atoms with Crippen LogP contribution >= 0.6 is 11.6 Å². The molecule has 0 bridgehead atoms. The Labute approximate surface area is 102 Å². The predicted octanol–water partition coefficient (Wildman–Crippen LogP) is 2.26. The molecule has 1 aliphatic heterocycles. The van der Waals surface area contributed by atoms with E-state index in [9.17, 15) is 0 Å². The Morgan fingerprint density at radius 1 is 1.56 bits per heavy atom. The standard InChI is InChI=1S/C12H20ClN3/c1-15-8-5-12(14-15)10-16-7-2-3-11(9-16)4-6-13/h5,8,11H,2-4,6-7,9-10H2,1H3. The maximum absolute atomic E-state index is 5.81. The molecule has 3 nitrogen and oxygen atoms in total. The molecular weight excluding hydrogens is 222 g/mol. The Bertz CT molecular complexity index is 322. The van der Waals surface area contributed by atoms with Crippen molar-refractivity contribution in [2.75, 3.05) is 19.0 Å². The van der Waals surface area contributed by atoms with Gasteiger partial charge in [-0.25, -0.2) is 0 Å². The minimum Gasteiger partial charge on any atom is -0.297 e. The fourth-order valence-electron chi connectivity index (χ4n) is 2.46. The molecule has 1 atom stereocenters. The maximum atomic E-state index is 5.81. The van der Waals surface area contributed by atoms with Gasteiger partial charge in [-0.15, -0.1) is 11.6 Å². The first-order chi connectivity index (χ1) is 7.78. The van der Waals surface area contributed by atoms with Gasteiger partial charge in [-0.3, -0.25) is 9.58 Å². The Morgan fingerprint density at radius 3 is 3.12 bits per heavy atom. The van der Waals surface area contributed by atoms with Gasteiger partial charge in [-0.05, 0) is 37.8 Å². The summed E-state index contributed by atoms with van der Waals surface area (Å²) in [6, 6.07) is 2.10. The molecule has 0 radical (unpaired) electrons. The maximum Gasteiger partial charge on any atom is 0.0764 e. The highest BCUT2D eigenvalue weighted by Crippen LogP contribution is 2.21. The van der Waals surface area contributed by atoms with Gasteiger partial charge >= 0.3 is 0 Å². The number of hydrogen-bond donors (Lipinski definition) is 0. The lowest BCUT2D eigenvalue weighted by Crippen LogP contribution is -2.35. The second-order valence-electron chi connectivity index (χ2n) is 4.70. The Hall–Kier alpha value is -0.540. The lowest BCUT2D eigenvalue weighted by atomic mass is 9.95. The molecule has 2 rings (SSSR count). The first-order valence-electron chi connectivity index (χ1n) is 6.05. The summed E-state index contributed by atoms with van der Waals surface area (Å²) >= 11 is 5.81. The number of aryl methyl sites for hydroxylation is 1. The topological polar surface area (TPSA) is 21.1 Å². The van der Waals surface area contributed by atoms with Gasteiger partial charge in [0, 0.05) is 32.2 Å². The molecule has 0 amide bonds. The number of alkyl halides is 1. The number of aromatic nitrogens is 2. The molecule has 90 valence electrons. The molecule has 0 saturated carbocycles. The number of hydrogen-bond acceptors (Lipinski definition) is 2. The van der Waals surface area contributed by atoms with Gasteiger partial charge in [0.1, 0.15) is 0 Å². The highest BCUT2D eigenvalue weighted by atomic mass is 35.5. The fourth-order valence-corrected chi connectivity index (χ4v) is 2.77. The van der Waals surface area contributed by atoms with Crippen molar-refractivity contribution >= 4 is 11.6 Å². The molecule has 4 heteroatoms. The lowest BCUT2D eigenvalue weighted by Gasteiger charge is -2.31. The number of nitrogens with zero attached hydrogens (tertiary/aromatic N) is 3. The van der Waals surface area contributed by atoms with Gasteiger partial charge in [0.15, 0.2) is 0 Å². The van der Waals surface area contributed by atoms with E-state index >= 15 is 0 Å². The van der Waals surface area contributed by atoms with Crippen molar-refractivity contribution in [3.63, 3.8) is 0 Å². The predicted molar refractivity (Wildman–Crippen MR) is 66.5 cm³/mol. The summed E-state index contributed by atoms with van der Waals surface area (Å²) in [5, 5.41) is 4.42. The van der Waals surface area contributed by atoms with Crippen molar-refractivity contribution in [2.45, 2.75) is 25.8 Å². The molecule has 0 aromatic carbocycles. The summed E-state index contributed by atoms with van der Waals surface area (Å²) in [5.74, 6) is 1.58. The molecule has 1 unspecified atom stereocenters. The van der Waals surface area contributed by atoms with Crippen LogP contribution in [0.25, 0.3) is 0 Å². The van der Waals surface area contributed by atoms with Crippen molar-refractivity contribution in [3.05, 3.63) is 18.0 Å². The summed E-state index contributed by atoms with van der Waals surface area (Å²) in [6.07, 6.45) is 5.80. The van der Waals surface area contributed by atoms with Crippen LogP contribution < -0.4 is 0 Å². The first kappa shape index (κ1) is 11.9. The zero-order valence-corrected chi connectivity index (χ0v) is 10.7. The van der Waals surface area contributed by atoms with E-state index in [-0.39, 0.29) is 0 Å². The van der Waals surface area contributed by atoms with Crippen LogP contribution in [0.5, 0.6) is 0 Å². The number of piperidine rings is 1. The lowest BCUT2D eigenvalue weighted by molar-refractivity contribution is 0.163. The molecule has 0 aliphatic carbocycles. The molecule has 1 saturated heterocycles. The van der Waals surface area contributed by atoms with Crippen LogP contribution in [0.3, 0.4) is 0 Å². The van der Waals surface area contributed by atoms with Crippen LogP contribution in [0.1, 0.15) is 25.0 Å². The van der Waals surface area contributed by atoms with E-state index in [0.29, 0.717) is 0 Å². The van der Waals surface area contributed by atoms with E-state index in [1.54, 1.807) is 0 Å². The van der Waals surface area contributed by atoms with E-state index in [1.165, 1.54) is 31.6 Å². The Kier molecular flexibility index (Phi) is 4.24. The fraction of sp³-hybridized carbons (Fsp3) is 0.750. The number of halogens is 1. The van der Waals surface area contributed by atoms with Gasteiger partial charge in [-0.1, -0.05) is 0 Å². The van der Waals surface area contributed by atoms with Gasteiger partial charge in [-0.2, -0.15) is 5.10 Å². The molecule has 2 heterocycles. The minimum absolute atomic E-state index is 0.787. The smallest absolute Gasteiger partial charge is 0.0764 e. The van der Waals surface area contributed by atoms with Crippen molar-refractivity contribution in [3.8, 4) is 0 Å². The second kappa shape index (κ2) is 5.69. The van der Waals surface area contributed by atoms with Crippen LogP contribution in [0.4, 0.5) is 0 Å². The monoisotopic (exact) mass is 241 g/mol. The normalized spacial score (nSPS) is 22.5. The molecule has 1 fully saturated rings. The van der Waals surface area contributed by atoms with Crippen LogP contribution in [0.2, 0.25) is 0 Å². The van der Waals surface area contributed by atoms with E-state index in [4.69, 9.17) is 11.6 Å². The summed E-state index contributed by atoms with van der Waals surface area (Å²) in [6.45, 7) is 3.37. The minimum atomic E-state index is 0.787. The molecule has 1 aromatic rings. The number of rotatable bonds is 4. The largest absolute Gasteiger partial charge is 0.297 e. The van der Waals surface area contributed by atoms with Crippen LogP contribution in [0, 0.1) is 5.92 Å². The molecule has 0 N–H and O–H groups in total.